The van der Waals surface area contributed by atoms with Crippen molar-refractivity contribution in [1.29, 1.82) is 0 Å². The number of nitrogens with zero attached hydrogens (tertiary/aromatic N) is 1. The molecule has 2 aromatic carbocycles. The van der Waals surface area contributed by atoms with Crippen molar-refractivity contribution in [1.82, 2.24) is 4.90 Å². The predicted molar refractivity (Wildman–Crippen MR) is 108 cm³/mol. The second-order valence-corrected chi connectivity index (χ2v) is 6.43. The van der Waals surface area contributed by atoms with Crippen molar-refractivity contribution in [3.63, 3.8) is 0 Å². The molecule has 0 spiro atoms. The van der Waals surface area contributed by atoms with Crippen molar-refractivity contribution in [3.8, 4) is 11.1 Å². The largest absolute Gasteiger partial charge is 0.330 e. The van der Waals surface area contributed by atoms with Crippen molar-refractivity contribution in [2.24, 2.45) is 5.73 Å². The minimum atomic E-state index is 0. The van der Waals surface area contributed by atoms with E-state index in [1.165, 1.54) is 53.7 Å². The van der Waals surface area contributed by atoms with E-state index in [0.29, 0.717) is 6.54 Å². The lowest BCUT2D eigenvalue weighted by Crippen LogP contribution is -2.18. The predicted octanol–water partition coefficient (Wildman–Crippen LogP) is 4.60. The zero-order valence-corrected chi connectivity index (χ0v) is 16.0. The van der Waals surface area contributed by atoms with Crippen LogP contribution in [-0.4, -0.2) is 24.5 Å². The van der Waals surface area contributed by atoms with Crippen LogP contribution in [0.15, 0.2) is 42.5 Å². The molecule has 2 nitrogen and oxygen atoms in total. The smallest absolute Gasteiger partial charge is 0.0234 e. The average molecular weight is 367 g/mol. The van der Waals surface area contributed by atoms with Crippen LogP contribution in [0.25, 0.3) is 11.1 Å². The molecule has 1 saturated heterocycles. The minimum absolute atomic E-state index is 0. The molecule has 1 heterocycles. The SMILES string of the molecule is Cc1cc(CN2CCCC2)cc(-c2ccc(CCN)cc2)c1.Cl.Cl. The van der Waals surface area contributed by atoms with Gasteiger partial charge in [0.05, 0.1) is 0 Å². The molecule has 24 heavy (non-hydrogen) atoms. The first-order valence-electron chi connectivity index (χ1n) is 8.37. The molecule has 0 bridgehead atoms. The number of rotatable bonds is 5. The van der Waals surface area contributed by atoms with Gasteiger partial charge in [0.2, 0.25) is 0 Å². The van der Waals surface area contributed by atoms with Gasteiger partial charge < -0.3 is 5.73 Å². The van der Waals surface area contributed by atoms with Gasteiger partial charge in [-0.05, 0) is 74.1 Å². The van der Waals surface area contributed by atoms with E-state index in [2.05, 4.69) is 54.3 Å². The number of nitrogens with two attached hydrogens (primary N) is 1. The molecule has 0 aliphatic carbocycles. The molecule has 132 valence electrons. The summed E-state index contributed by atoms with van der Waals surface area (Å²) in [5.74, 6) is 0. The van der Waals surface area contributed by atoms with Crippen LogP contribution < -0.4 is 5.73 Å². The van der Waals surface area contributed by atoms with E-state index in [0.717, 1.165) is 13.0 Å². The summed E-state index contributed by atoms with van der Waals surface area (Å²) in [6, 6.07) is 15.8. The third-order valence-corrected chi connectivity index (χ3v) is 4.46. The Bertz CT molecular complexity index is 620. The Balaban J connectivity index is 0.00000144. The Labute approximate surface area is 158 Å². The number of aryl methyl sites for hydroxylation is 1. The van der Waals surface area contributed by atoms with Gasteiger partial charge in [-0.15, -0.1) is 24.8 Å². The molecule has 1 aliphatic rings. The van der Waals surface area contributed by atoms with E-state index in [1.807, 2.05) is 0 Å². The van der Waals surface area contributed by atoms with Gasteiger partial charge in [0.1, 0.15) is 0 Å². The zero-order chi connectivity index (χ0) is 15.4. The van der Waals surface area contributed by atoms with Crippen LogP contribution in [0, 0.1) is 6.92 Å². The quantitative estimate of drug-likeness (QED) is 0.837. The Hall–Kier alpha value is -1.06. The third-order valence-electron chi connectivity index (χ3n) is 4.46. The maximum Gasteiger partial charge on any atom is 0.0234 e. The van der Waals surface area contributed by atoms with Gasteiger partial charge in [-0.1, -0.05) is 42.0 Å². The lowest BCUT2D eigenvalue weighted by Gasteiger charge is -2.16. The van der Waals surface area contributed by atoms with Crippen LogP contribution in [0.4, 0.5) is 0 Å². The molecule has 1 aliphatic heterocycles. The topological polar surface area (TPSA) is 29.3 Å². The molecular weight excluding hydrogens is 339 g/mol. The van der Waals surface area contributed by atoms with E-state index >= 15 is 0 Å². The summed E-state index contributed by atoms with van der Waals surface area (Å²) in [6.07, 6.45) is 3.65. The molecule has 0 aromatic heterocycles. The summed E-state index contributed by atoms with van der Waals surface area (Å²) in [5.41, 5.74) is 12.3. The fourth-order valence-electron chi connectivity index (χ4n) is 3.35. The number of hydrogen-bond donors (Lipinski definition) is 1. The lowest BCUT2D eigenvalue weighted by molar-refractivity contribution is 0.331. The van der Waals surface area contributed by atoms with Crippen molar-refractivity contribution < 1.29 is 0 Å². The first-order chi connectivity index (χ1) is 10.7. The van der Waals surface area contributed by atoms with Crippen molar-refractivity contribution in [3.05, 3.63) is 59.2 Å². The molecule has 3 rings (SSSR count). The molecule has 0 saturated carbocycles. The van der Waals surface area contributed by atoms with E-state index in [9.17, 15) is 0 Å². The van der Waals surface area contributed by atoms with Crippen LogP contribution in [0.3, 0.4) is 0 Å². The van der Waals surface area contributed by atoms with Gasteiger partial charge in [-0.3, -0.25) is 4.90 Å². The highest BCUT2D eigenvalue weighted by atomic mass is 35.5. The van der Waals surface area contributed by atoms with Gasteiger partial charge >= 0.3 is 0 Å². The van der Waals surface area contributed by atoms with Gasteiger partial charge in [0.15, 0.2) is 0 Å². The minimum Gasteiger partial charge on any atom is -0.330 e. The van der Waals surface area contributed by atoms with Crippen LogP contribution in [-0.2, 0) is 13.0 Å². The summed E-state index contributed by atoms with van der Waals surface area (Å²) >= 11 is 0. The lowest BCUT2D eigenvalue weighted by atomic mass is 9.98. The highest BCUT2D eigenvalue weighted by molar-refractivity contribution is 5.85. The molecular formula is C20H28Cl2N2. The second kappa shape index (κ2) is 10.0. The first-order valence-corrected chi connectivity index (χ1v) is 8.37. The van der Waals surface area contributed by atoms with Crippen LogP contribution in [0.1, 0.15) is 29.5 Å². The first kappa shape index (κ1) is 21.0. The van der Waals surface area contributed by atoms with Crippen LogP contribution in [0.2, 0.25) is 0 Å². The Morgan fingerprint density at radius 1 is 0.875 bits per heavy atom. The Kier molecular flexibility index (Phi) is 8.79. The average Bonchev–Trinajstić information content (AvgIpc) is 3.01. The Morgan fingerprint density at radius 3 is 2.17 bits per heavy atom. The fraction of sp³-hybridized carbons (Fsp3) is 0.400. The summed E-state index contributed by atoms with van der Waals surface area (Å²) in [6.45, 7) is 6.48. The van der Waals surface area contributed by atoms with Crippen molar-refractivity contribution in [2.45, 2.75) is 32.7 Å². The normalized spacial score (nSPS) is 14.1. The standard InChI is InChI=1S/C20H26N2.2ClH/c1-16-12-18(15-22-10-2-3-11-22)14-20(13-16)19-6-4-17(5-7-19)8-9-21;;/h4-7,12-14H,2-3,8-11,15,21H2,1H3;2*1H. The number of benzene rings is 2. The van der Waals surface area contributed by atoms with Crippen molar-refractivity contribution >= 4 is 24.8 Å². The summed E-state index contributed by atoms with van der Waals surface area (Å²) < 4.78 is 0. The highest BCUT2D eigenvalue weighted by Gasteiger charge is 2.12. The van der Waals surface area contributed by atoms with Gasteiger partial charge in [-0.2, -0.15) is 0 Å². The fourth-order valence-corrected chi connectivity index (χ4v) is 3.35. The van der Waals surface area contributed by atoms with Gasteiger partial charge in [0.25, 0.3) is 0 Å². The summed E-state index contributed by atoms with van der Waals surface area (Å²) in [7, 11) is 0. The van der Waals surface area contributed by atoms with E-state index in [4.69, 9.17) is 5.73 Å². The maximum absolute atomic E-state index is 5.62. The van der Waals surface area contributed by atoms with E-state index in [-0.39, 0.29) is 24.8 Å². The second-order valence-electron chi connectivity index (χ2n) is 6.43. The van der Waals surface area contributed by atoms with Crippen LogP contribution >= 0.6 is 24.8 Å². The number of halogens is 2. The van der Waals surface area contributed by atoms with Gasteiger partial charge in [-0.25, -0.2) is 0 Å². The molecule has 0 amide bonds. The maximum atomic E-state index is 5.62. The van der Waals surface area contributed by atoms with Crippen LogP contribution in [0.5, 0.6) is 0 Å². The van der Waals surface area contributed by atoms with E-state index < -0.39 is 0 Å². The highest BCUT2D eigenvalue weighted by Crippen LogP contribution is 2.24. The zero-order valence-electron chi connectivity index (χ0n) is 14.3. The monoisotopic (exact) mass is 366 g/mol. The molecule has 0 atom stereocenters. The number of likely N-dealkylation sites (tertiary alicyclic amines) is 1. The van der Waals surface area contributed by atoms with Crippen molar-refractivity contribution in [2.75, 3.05) is 19.6 Å². The van der Waals surface area contributed by atoms with Gasteiger partial charge in [0, 0.05) is 6.54 Å². The molecule has 2 aromatic rings. The summed E-state index contributed by atoms with van der Waals surface area (Å²) in [5, 5.41) is 0. The number of hydrogen-bond acceptors (Lipinski definition) is 2. The van der Waals surface area contributed by atoms with E-state index in [1.54, 1.807) is 0 Å². The third kappa shape index (κ3) is 5.49. The molecule has 0 radical (unpaired) electrons. The Morgan fingerprint density at radius 2 is 1.54 bits per heavy atom. The molecule has 1 fully saturated rings. The molecule has 2 N–H and O–H groups in total. The summed E-state index contributed by atoms with van der Waals surface area (Å²) in [4.78, 5) is 2.56. The molecule has 0 unspecified atom stereocenters. The molecule has 4 heteroatoms.